The van der Waals surface area contributed by atoms with E-state index in [2.05, 4.69) is 33.4 Å². The van der Waals surface area contributed by atoms with Gasteiger partial charge < -0.3 is 14.8 Å². The van der Waals surface area contributed by atoms with E-state index in [1.807, 2.05) is 0 Å². The van der Waals surface area contributed by atoms with E-state index in [9.17, 15) is 9.18 Å². The molecule has 0 bridgehead atoms. The molecule has 3 heterocycles. The number of rotatable bonds is 7. The molecule has 9 heteroatoms. The Hall–Kier alpha value is -3.26. The Bertz CT molecular complexity index is 1020. The molecule has 3 rings (SSSR count). The van der Waals surface area contributed by atoms with Crippen molar-refractivity contribution in [1.82, 2.24) is 15.0 Å². The molecule has 1 aliphatic heterocycles. The van der Waals surface area contributed by atoms with Gasteiger partial charge in [0, 0.05) is 23.8 Å². The molecule has 150 valence electrons. The molecule has 1 aliphatic rings. The molecule has 0 fully saturated rings. The third-order valence-electron chi connectivity index (χ3n) is 3.92. The van der Waals surface area contributed by atoms with Crippen molar-refractivity contribution in [3.05, 3.63) is 65.6 Å². The molecule has 0 unspecified atom stereocenters. The molecule has 29 heavy (non-hydrogen) atoms. The summed E-state index contributed by atoms with van der Waals surface area (Å²) in [5, 5.41) is 3.15. The van der Waals surface area contributed by atoms with Crippen LogP contribution in [0.3, 0.4) is 0 Å². The summed E-state index contributed by atoms with van der Waals surface area (Å²) in [5.41, 5.74) is 1.23. The Kier molecular flexibility index (Phi) is 6.23. The van der Waals surface area contributed by atoms with Crippen molar-refractivity contribution in [3.8, 4) is 5.75 Å². The van der Waals surface area contributed by atoms with E-state index in [0.29, 0.717) is 30.2 Å². The van der Waals surface area contributed by atoms with Crippen LogP contribution in [0.25, 0.3) is 5.57 Å². The summed E-state index contributed by atoms with van der Waals surface area (Å²) in [6, 6.07) is 1.60. The van der Waals surface area contributed by atoms with Crippen LogP contribution in [0.1, 0.15) is 28.8 Å². The van der Waals surface area contributed by atoms with E-state index < -0.39 is 11.8 Å². The lowest BCUT2D eigenvalue weighted by molar-refractivity contribution is 0.0527. The van der Waals surface area contributed by atoms with Crippen molar-refractivity contribution in [2.24, 2.45) is 0 Å². The van der Waals surface area contributed by atoms with Crippen LogP contribution in [-0.4, -0.2) is 34.1 Å². The molecule has 0 saturated heterocycles. The number of pyridine rings is 1. The van der Waals surface area contributed by atoms with Crippen molar-refractivity contribution in [2.45, 2.75) is 13.3 Å². The predicted octanol–water partition coefficient (Wildman–Crippen LogP) is 4.35. The average Bonchev–Trinajstić information content (AvgIpc) is 3.15. The van der Waals surface area contributed by atoms with Gasteiger partial charge in [-0.15, -0.1) is 0 Å². The van der Waals surface area contributed by atoms with Crippen LogP contribution >= 0.6 is 11.6 Å². The number of nitrogens with one attached hydrogen (secondary N) is 1. The van der Waals surface area contributed by atoms with Crippen LogP contribution in [-0.2, 0) is 11.2 Å². The molecule has 7 nitrogen and oxygen atoms in total. The number of anilines is 2. The van der Waals surface area contributed by atoms with Crippen molar-refractivity contribution in [1.29, 1.82) is 0 Å². The van der Waals surface area contributed by atoms with Gasteiger partial charge in [-0.3, -0.25) is 4.98 Å². The van der Waals surface area contributed by atoms with Gasteiger partial charge >= 0.3 is 5.97 Å². The lowest BCUT2D eigenvalue weighted by Gasteiger charge is -2.14. The first-order valence-corrected chi connectivity index (χ1v) is 9.11. The molecule has 2 aromatic rings. The minimum atomic E-state index is -0.757. The molecular weight excluding hydrogens is 399 g/mol. The summed E-state index contributed by atoms with van der Waals surface area (Å²) >= 11 is 5.81. The fourth-order valence-corrected chi connectivity index (χ4v) is 2.81. The minimum absolute atomic E-state index is 0.00287. The zero-order valence-corrected chi connectivity index (χ0v) is 16.4. The van der Waals surface area contributed by atoms with Gasteiger partial charge in [0.15, 0.2) is 17.4 Å². The van der Waals surface area contributed by atoms with Gasteiger partial charge in [-0.05, 0) is 19.1 Å². The van der Waals surface area contributed by atoms with Crippen LogP contribution < -0.4 is 10.1 Å². The van der Waals surface area contributed by atoms with Crippen molar-refractivity contribution >= 4 is 34.6 Å². The maximum Gasteiger partial charge on any atom is 0.341 e. The summed E-state index contributed by atoms with van der Waals surface area (Å²) in [4.78, 5) is 24.9. The molecule has 1 N–H and O–H groups in total. The number of hydrogen-bond donors (Lipinski definition) is 1. The molecule has 2 aromatic heterocycles. The zero-order valence-electron chi connectivity index (χ0n) is 15.7. The van der Waals surface area contributed by atoms with E-state index in [1.54, 1.807) is 13.0 Å². The third-order valence-corrected chi connectivity index (χ3v) is 4.03. The lowest BCUT2D eigenvalue weighted by atomic mass is 10.2. The third kappa shape index (κ3) is 4.60. The van der Waals surface area contributed by atoms with Gasteiger partial charge in [0.25, 0.3) is 0 Å². The summed E-state index contributed by atoms with van der Waals surface area (Å²) in [6.45, 7) is 9.19. The number of carbonyl (C=O) groups is 1. The quantitative estimate of drug-likeness (QED) is 0.530. The summed E-state index contributed by atoms with van der Waals surface area (Å²) in [7, 11) is 0. The summed E-state index contributed by atoms with van der Waals surface area (Å²) < 4.78 is 24.7. The number of ether oxygens (including phenoxy) is 2. The second-order valence-corrected chi connectivity index (χ2v) is 6.43. The van der Waals surface area contributed by atoms with Crippen molar-refractivity contribution in [3.63, 3.8) is 0 Å². The molecule has 0 spiro atoms. The summed E-state index contributed by atoms with van der Waals surface area (Å²) in [6.07, 6.45) is 4.71. The molecule has 0 aliphatic carbocycles. The van der Waals surface area contributed by atoms with Gasteiger partial charge in [0.05, 0.1) is 30.2 Å². The maximum absolute atomic E-state index is 14.0. The maximum atomic E-state index is 14.0. The number of fused-ring (bicyclic) bond motifs is 1. The number of allylic oxidation sites excluding steroid dienone is 4. The normalized spacial score (nSPS) is 12.7. The standard InChI is InChI=1S/C20H18ClFN4O3/c1-4-28-20(27)14-10-23-7-5-15(14)24-19-17-16(6-8-29-17)25-18(26-19)13(12(3)22)9-11(2)21/h5,7,9-10H,2-4,6,8H2,1H3,(H,23,24,25,26)/b13-9+. The Morgan fingerprint density at radius 1 is 1.45 bits per heavy atom. The highest BCUT2D eigenvalue weighted by atomic mass is 35.5. The smallest absolute Gasteiger partial charge is 0.341 e. The van der Waals surface area contributed by atoms with E-state index in [4.69, 9.17) is 21.1 Å². The van der Waals surface area contributed by atoms with Crippen LogP contribution in [0.2, 0.25) is 0 Å². The van der Waals surface area contributed by atoms with Crippen LogP contribution in [0, 0.1) is 0 Å². The fraction of sp³-hybridized carbons (Fsp3) is 0.200. The largest absolute Gasteiger partial charge is 0.487 e. The zero-order chi connectivity index (χ0) is 21.0. The predicted molar refractivity (Wildman–Crippen MR) is 108 cm³/mol. The summed E-state index contributed by atoms with van der Waals surface area (Å²) in [5.74, 6) is -0.530. The van der Waals surface area contributed by atoms with Gasteiger partial charge in [-0.2, -0.15) is 0 Å². The molecule has 0 aromatic carbocycles. The van der Waals surface area contributed by atoms with Gasteiger partial charge in [-0.1, -0.05) is 24.8 Å². The highest BCUT2D eigenvalue weighted by Crippen LogP contribution is 2.36. The second-order valence-electron chi connectivity index (χ2n) is 5.95. The van der Waals surface area contributed by atoms with Crippen LogP contribution in [0.4, 0.5) is 15.9 Å². The molecule has 0 saturated carbocycles. The van der Waals surface area contributed by atoms with Gasteiger partial charge in [0.2, 0.25) is 0 Å². The monoisotopic (exact) mass is 416 g/mol. The Morgan fingerprint density at radius 3 is 2.93 bits per heavy atom. The molecule has 0 radical (unpaired) electrons. The Morgan fingerprint density at radius 2 is 2.24 bits per heavy atom. The van der Waals surface area contributed by atoms with Crippen molar-refractivity contribution in [2.75, 3.05) is 18.5 Å². The van der Waals surface area contributed by atoms with Crippen LogP contribution in [0.15, 0.2) is 48.6 Å². The van der Waals surface area contributed by atoms with E-state index >= 15 is 0 Å². The SMILES string of the molecule is C=C(Cl)/C=C(\C(=C)F)c1nc2c(c(Nc3ccncc3C(=O)OCC)n1)OCC2. The number of esters is 1. The fourth-order valence-electron chi connectivity index (χ4n) is 2.70. The van der Waals surface area contributed by atoms with Gasteiger partial charge in [0.1, 0.15) is 11.4 Å². The van der Waals surface area contributed by atoms with Crippen LogP contribution in [0.5, 0.6) is 5.75 Å². The molecule has 0 atom stereocenters. The van der Waals surface area contributed by atoms with Crippen molar-refractivity contribution < 1.29 is 18.7 Å². The first kappa shape index (κ1) is 20.5. The Labute approximate surface area is 171 Å². The minimum Gasteiger partial charge on any atom is -0.487 e. The number of nitrogens with zero attached hydrogens (tertiary/aromatic N) is 3. The first-order chi connectivity index (χ1) is 13.9. The first-order valence-electron chi connectivity index (χ1n) is 8.73. The number of aromatic nitrogens is 3. The average molecular weight is 417 g/mol. The highest BCUT2D eigenvalue weighted by molar-refractivity contribution is 6.31. The van der Waals surface area contributed by atoms with E-state index in [0.717, 1.165) is 0 Å². The lowest BCUT2D eigenvalue weighted by Crippen LogP contribution is -2.10. The number of hydrogen-bond acceptors (Lipinski definition) is 7. The highest BCUT2D eigenvalue weighted by Gasteiger charge is 2.24. The number of carbonyl (C=O) groups excluding carboxylic acids is 1. The van der Waals surface area contributed by atoms with E-state index in [1.165, 1.54) is 18.5 Å². The van der Waals surface area contributed by atoms with E-state index in [-0.39, 0.29) is 34.4 Å². The second kappa shape index (κ2) is 8.83. The molecule has 0 amide bonds. The number of halogens is 2. The Balaban J connectivity index is 2.08. The molecular formula is C20H18ClFN4O3. The van der Waals surface area contributed by atoms with Gasteiger partial charge in [-0.25, -0.2) is 19.2 Å². The topological polar surface area (TPSA) is 86.2 Å².